The largest absolute Gasteiger partial charge is 0.481 e. The molecule has 0 aliphatic rings. The molecule has 0 aromatic rings. The van der Waals surface area contributed by atoms with Crippen LogP contribution in [0.15, 0.2) is 5.10 Å². The second kappa shape index (κ2) is 8.86. The van der Waals surface area contributed by atoms with Gasteiger partial charge >= 0.3 is 5.97 Å². The monoisotopic (exact) mass is 162 g/mol. The number of hydrazone groups is 1. The predicted octanol–water partition coefficient (Wildman–Crippen LogP) is -0.995. The lowest BCUT2D eigenvalue weighted by Crippen LogP contribution is -2.02. The molecule has 0 aromatic carbocycles. The summed E-state index contributed by atoms with van der Waals surface area (Å²) in [6.07, 6.45) is 0.540. The highest BCUT2D eigenvalue weighted by molar-refractivity contribution is 5.84. The third kappa shape index (κ3) is 12.1. The molecule has 6 heteroatoms. The van der Waals surface area contributed by atoms with Gasteiger partial charge in [-0.25, -0.2) is 0 Å². The summed E-state index contributed by atoms with van der Waals surface area (Å²) in [7, 11) is 0. The minimum Gasteiger partial charge on any atom is -0.481 e. The van der Waals surface area contributed by atoms with Crippen molar-refractivity contribution < 1.29 is 9.90 Å². The van der Waals surface area contributed by atoms with E-state index < -0.39 is 5.97 Å². The summed E-state index contributed by atoms with van der Waals surface area (Å²) in [5, 5.41) is 11.5. The number of carbonyl (C=O) groups is 1. The molecule has 0 atom stereocenters. The van der Waals surface area contributed by atoms with Gasteiger partial charge in [0.15, 0.2) is 0 Å². The van der Waals surface area contributed by atoms with Crippen molar-refractivity contribution in [2.75, 3.05) is 0 Å². The third-order valence-corrected chi connectivity index (χ3v) is 0.921. The van der Waals surface area contributed by atoms with Crippen molar-refractivity contribution in [1.82, 2.24) is 0 Å². The van der Waals surface area contributed by atoms with Gasteiger partial charge in [0.2, 0.25) is 0 Å². The maximum atomic E-state index is 9.92. The number of carboxylic acid groups (broad SMARTS) is 1. The molecule has 0 aliphatic carbocycles. The van der Waals surface area contributed by atoms with E-state index in [0.29, 0.717) is 12.1 Å². The normalized spacial score (nSPS) is 9.91. The van der Waals surface area contributed by atoms with Crippen LogP contribution in [0.25, 0.3) is 0 Å². The molecule has 0 rings (SSSR count). The molecule has 11 heavy (non-hydrogen) atoms. The van der Waals surface area contributed by atoms with Crippen LogP contribution in [0.4, 0.5) is 0 Å². The van der Waals surface area contributed by atoms with Crippen LogP contribution in [0.5, 0.6) is 0 Å². The molecule has 0 bridgehead atoms. The van der Waals surface area contributed by atoms with E-state index in [9.17, 15) is 4.79 Å². The Labute approximate surface area is 65.0 Å². The van der Waals surface area contributed by atoms with E-state index in [1.165, 1.54) is 0 Å². The number of nitrogens with zero attached hydrogens (tertiary/aromatic N) is 1. The quantitative estimate of drug-likeness (QED) is 0.240. The maximum Gasteiger partial charge on any atom is 0.303 e. The fraction of sp³-hybridized carbons (Fsp3) is 0.600. The molecule has 0 fully saturated rings. The van der Waals surface area contributed by atoms with Gasteiger partial charge in [-0.1, -0.05) is 0 Å². The lowest BCUT2D eigenvalue weighted by molar-refractivity contribution is -0.136. The van der Waals surface area contributed by atoms with Crippen LogP contribution >= 0.6 is 0 Å². The minimum atomic E-state index is -0.821. The first-order valence-corrected chi connectivity index (χ1v) is 2.95. The molecule has 0 heterocycles. The summed E-state index contributed by atoms with van der Waals surface area (Å²) in [4.78, 5) is 9.92. The highest BCUT2D eigenvalue weighted by atomic mass is 16.4. The zero-order valence-electron chi connectivity index (χ0n) is 6.45. The van der Waals surface area contributed by atoms with Gasteiger partial charge in [0.25, 0.3) is 0 Å². The van der Waals surface area contributed by atoms with Gasteiger partial charge < -0.3 is 10.9 Å². The summed E-state index contributed by atoms with van der Waals surface area (Å²) in [6, 6.07) is 0. The number of hydrogen-bond acceptors (Lipinski definition) is 5. The van der Waals surface area contributed by atoms with Crippen molar-refractivity contribution in [3.8, 4) is 0 Å². The Bertz CT molecular complexity index is 134. The molecule has 6 nitrogen and oxygen atoms in total. The average molecular weight is 162 g/mol. The van der Waals surface area contributed by atoms with Gasteiger partial charge in [0, 0.05) is 5.71 Å². The van der Waals surface area contributed by atoms with Crippen LogP contribution in [0.3, 0.4) is 0 Å². The zero-order chi connectivity index (χ0) is 9.28. The standard InChI is InChI=1S/C5H10N2O2.H4N2/c1-4(7-6)2-3-5(8)9;1-2/h2-3,6H2,1H3,(H,8,9);1-2H2/b7-4-;. The Balaban J connectivity index is 0. The third-order valence-electron chi connectivity index (χ3n) is 0.921. The first-order chi connectivity index (χ1) is 5.16. The Kier molecular flexibility index (Phi) is 10.1. The molecule has 66 valence electrons. The van der Waals surface area contributed by atoms with Crippen molar-refractivity contribution in [1.29, 1.82) is 0 Å². The van der Waals surface area contributed by atoms with Crippen molar-refractivity contribution in [2.24, 2.45) is 22.6 Å². The highest BCUT2D eigenvalue weighted by Crippen LogP contribution is 1.90. The van der Waals surface area contributed by atoms with Crippen molar-refractivity contribution in [3.63, 3.8) is 0 Å². The predicted molar refractivity (Wildman–Crippen MR) is 42.5 cm³/mol. The van der Waals surface area contributed by atoms with E-state index >= 15 is 0 Å². The molecular formula is C5H14N4O2. The van der Waals surface area contributed by atoms with Crippen LogP contribution < -0.4 is 17.5 Å². The van der Waals surface area contributed by atoms with Crippen LogP contribution in [0.1, 0.15) is 19.8 Å². The van der Waals surface area contributed by atoms with Gasteiger partial charge in [0.05, 0.1) is 6.42 Å². The van der Waals surface area contributed by atoms with E-state index in [1.807, 2.05) is 0 Å². The average Bonchev–Trinajstić information content (AvgIpc) is 2.04. The van der Waals surface area contributed by atoms with E-state index in [-0.39, 0.29) is 6.42 Å². The van der Waals surface area contributed by atoms with Crippen molar-refractivity contribution in [2.45, 2.75) is 19.8 Å². The summed E-state index contributed by atoms with van der Waals surface area (Å²) in [6.45, 7) is 1.70. The minimum absolute atomic E-state index is 0.104. The molecular weight excluding hydrogens is 148 g/mol. The molecule has 7 N–H and O–H groups in total. The van der Waals surface area contributed by atoms with Crippen LogP contribution in [0, 0.1) is 0 Å². The molecule has 0 amide bonds. The Morgan fingerprint density at radius 3 is 2.18 bits per heavy atom. The second-order valence-corrected chi connectivity index (χ2v) is 1.76. The maximum absolute atomic E-state index is 9.92. The van der Waals surface area contributed by atoms with Gasteiger partial charge in [-0.3, -0.25) is 16.5 Å². The van der Waals surface area contributed by atoms with Gasteiger partial charge in [-0.05, 0) is 13.3 Å². The molecule has 0 aromatic heterocycles. The number of nitrogens with two attached hydrogens (primary N) is 3. The first-order valence-electron chi connectivity index (χ1n) is 2.95. The van der Waals surface area contributed by atoms with E-state index in [1.54, 1.807) is 6.92 Å². The number of hydrogen-bond donors (Lipinski definition) is 4. The van der Waals surface area contributed by atoms with Crippen LogP contribution in [-0.4, -0.2) is 16.8 Å². The van der Waals surface area contributed by atoms with Crippen LogP contribution in [0.2, 0.25) is 0 Å². The summed E-state index contributed by atoms with van der Waals surface area (Å²) >= 11 is 0. The highest BCUT2D eigenvalue weighted by Gasteiger charge is 1.96. The fourth-order valence-corrected chi connectivity index (χ4v) is 0.352. The zero-order valence-corrected chi connectivity index (χ0v) is 6.45. The molecule has 0 saturated heterocycles. The lowest BCUT2D eigenvalue weighted by atomic mass is 10.2. The number of rotatable bonds is 3. The topological polar surface area (TPSA) is 128 Å². The van der Waals surface area contributed by atoms with E-state index in [0.717, 1.165) is 0 Å². The Hall–Kier alpha value is -1.14. The smallest absolute Gasteiger partial charge is 0.303 e. The second-order valence-electron chi connectivity index (χ2n) is 1.76. The fourth-order valence-electron chi connectivity index (χ4n) is 0.352. The summed E-state index contributed by atoms with van der Waals surface area (Å²) in [5.41, 5.74) is 0.664. The number of hydrazine groups is 1. The molecule has 0 aliphatic heterocycles. The van der Waals surface area contributed by atoms with Gasteiger partial charge in [0.1, 0.15) is 0 Å². The number of carboxylic acids is 1. The van der Waals surface area contributed by atoms with E-state index in [2.05, 4.69) is 16.8 Å². The Morgan fingerprint density at radius 1 is 1.45 bits per heavy atom. The molecule has 0 radical (unpaired) electrons. The lowest BCUT2D eigenvalue weighted by Gasteiger charge is -1.91. The summed E-state index contributed by atoms with van der Waals surface area (Å²) in [5.74, 6) is 12.0. The van der Waals surface area contributed by atoms with Gasteiger partial charge in [-0.15, -0.1) is 0 Å². The van der Waals surface area contributed by atoms with Gasteiger partial charge in [-0.2, -0.15) is 5.10 Å². The first kappa shape index (κ1) is 12.5. The van der Waals surface area contributed by atoms with Crippen molar-refractivity contribution >= 4 is 11.7 Å². The van der Waals surface area contributed by atoms with Crippen molar-refractivity contribution in [3.05, 3.63) is 0 Å². The van der Waals surface area contributed by atoms with E-state index in [4.69, 9.17) is 10.9 Å². The number of aliphatic carboxylic acids is 1. The summed E-state index contributed by atoms with van der Waals surface area (Å²) < 4.78 is 0. The van der Waals surface area contributed by atoms with Crippen LogP contribution in [-0.2, 0) is 4.79 Å². The molecule has 0 unspecified atom stereocenters. The molecule has 0 saturated carbocycles. The Morgan fingerprint density at radius 2 is 1.91 bits per heavy atom. The SMILES string of the molecule is C/C(CCC(=O)O)=N/N.NN. The molecule has 0 spiro atoms.